The van der Waals surface area contributed by atoms with Crippen LogP contribution in [0.2, 0.25) is 0 Å². The van der Waals surface area contributed by atoms with Gasteiger partial charge in [-0.15, -0.1) is 0 Å². The summed E-state index contributed by atoms with van der Waals surface area (Å²) in [4.78, 5) is 17.0. The maximum absolute atomic E-state index is 14.2. The molecule has 0 aromatic carbocycles. The first-order chi connectivity index (χ1) is 10.7. The van der Waals surface area contributed by atoms with E-state index < -0.39 is 30.0 Å². The minimum Gasteiger partial charge on any atom is -0.384 e. The fraction of sp³-hybridized carbons (Fsp3) is 0.692. The minimum absolute atomic E-state index is 0.0399. The van der Waals surface area contributed by atoms with Crippen LogP contribution >= 0.6 is 0 Å². The number of nitrogens with two attached hydrogens (primary N) is 1. The van der Waals surface area contributed by atoms with Crippen LogP contribution in [0.25, 0.3) is 0 Å². The average Bonchev–Trinajstić information content (AvgIpc) is 2.67. The zero-order valence-corrected chi connectivity index (χ0v) is 12.9. The number of nitrogens with zero attached hydrogens (tertiary/aromatic N) is 3. The number of anilines is 1. The van der Waals surface area contributed by atoms with Crippen LogP contribution in [0.5, 0.6) is 0 Å². The Labute approximate surface area is 131 Å². The molecule has 0 saturated carbocycles. The third kappa shape index (κ3) is 3.83. The van der Waals surface area contributed by atoms with Gasteiger partial charge in [0, 0.05) is 25.8 Å². The number of nitrogen functional groups attached to an aromatic ring is 1. The number of nitrogens with one attached hydrogen (secondary N) is 1. The van der Waals surface area contributed by atoms with Gasteiger partial charge < -0.3 is 25.8 Å². The summed E-state index contributed by atoms with van der Waals surface area (Å²) in [6.07, 6.45) is -4.00. The highest BCUT2D eigenvalue weighted by molar-refractivity contribution is 5.23. The molecule has 1 fully saturated rings. The Hall–Kier alpha value is -1.62. The topological polar surface area (TPSA) is 106 Å². The second kappa shape index (κ2) is 6.87. The number of likely N-dealkylation sites (N-methyl/N-ethyl adjacent to an activating group) is 1. The molecule has 1 aliphatic heterocycles. The van der Waals surface area contributed by atoms with Gasteiger partial charge >= 0.3 is 11.6 Å². The molecule has 3 atom stereocenters. The lowest BCUT2D eigenvalue weighted by molar-refractivity contribution is -0.140. The highest BCUT2D eigenvalue weighted by Gasteiger charge is 2.59. The lowest BCUT2D eigenvalue weighted by Gasteiger charge is -2.20. The van der Waals surface area contributed by atoms with E-state index in [1.807, 2.05) is 19.0 Å². The summed E-state index contributed by atoms with van der Waals surface area (Å²) in [6.45, 7) is 1.31. The van der Waals surface area contributed by atoms with E-state index in [0.29, 0.717) is 17.7 Å². The Kier molecular flexibility index (Phi) is 5.30. The van der Waals surface area contributed by atoms with Gasteiger partial charge in [0.2, 0.25) is 6.23 Å². The van der Waals surface area contributed by atoms with E-state index in [2.05, 4.69) is 10.3 Å². The summed E-state index contributed by atoms with van der Waals surface area (Å²) in [6, 6.07) is 1.22. The van der Waals surface area contributed by atoms with Crippen molar-refractivity contribution < 1.29 is 18.6 Å². The van der Waals surface area contributed by atoms with E-state index in [0.717, 1.165) is 6.20 Å². The van der Waals surface area contributed by atoms with E-state index in [1.165, 1.54) is 6.07 Å². The van der Waals surface area contributed by atoms with Gasteiger partial charge in [0.15, 0.2) is 0 Å². The first-order valence-electron chi connectivity index (χ1n) is 7.15. The maximum atomic E-state index is 14.2. The molecule has 0 radical (unpaired) electrons. The molecular weight excluding hydrogens is 312 g/mol. The number of hydrogen-bond acceptors (Lipinski definition) is 7. The zero-order valence-electron chi connectivity index (χ0n) is 12.9. The van der Waals surface area contributed by atoms with Crippen LogP contribution in [0, 0.1) is 0 Å². The van der Waals surface area contributed by atoms with Crippen molar-refractivity contribution in [2.75, 3.05) is 39.5 Å². The summed E-state index contributed by atoms with van der Waals surface area (Å²) in [7, 11) is 3.76. The molecule has 1 aromatic heterocycles. The molecule has 1 aromatic rings. The lowest BCUT2D eigenvalue weighted by atomic mass is 10.1. The van der Waals surface area contributed by atoms with E-state index in [9.17, 15) is 18.7 Å². The highest BCUT2D eigenvalue weighted by atomic mass is 19.3. The van der Waals surface area contributed by atoms with E-state index in [-0.39, 0.29) is 12.4 Å². The summed E-state index contributed by atoms with van der Waals surface area (Å²) in [5.41, 5.74) is 4.38. The third-order valence-corrected chi connectivity index (χ3v) is 3.56. The standard InChI is InChI=1S/C13H21F2N5O3/c1-19(2)6-4-17-7-8-10(21)13(14,15)11(23-8)20-5-3-9(16)18-12(20)22/h3,5,8,10-11,17,21H,4,6-7H2,1-2H3,(H2,16,18,22)/t8-,10-,11-/m1/s1. The second-order valence-electron chi connectivity index (χ2n) is 5.70. The molecule has 10 heteroatoms. The number of rotatable bonds is 6. The number of aliphatic hydroxyl groups excluding tert-OH is 1. The van der Waals surface area contributed by atoms with Crippen molar-refractivity contribution in [3.63, 3.8) is 0 Å². The Morgan fingerprint density at radius 3 is 2.87 bits per heavy atom. The van der Waals surface area contributed by atoms with Gasteiger partial charge in [0.25, 0.3) is 0 Å². The fourth-order valence-corrected chi connectivity index (χ4v) is 2.29. The second-order valence-corrected chi connectivity index (χ2v) is 5.70. The van der Waals surface area contributed by atoms with Crippen molar-refractivity contribution in [1.82, 2.24) is 19.8 Å². The molecule has 130 valence electrons. The Morgan fingerprint density at radius 2 is 2.26 bits per heavy atom. The van der Waals surface area contributed by atoms with E-state index >= 15 is 0 Å². The molecule has 0 amide bonds. The highest BCUT2D eigenvalue weighted by Crippen LogP contribution is 2.41. The third-order valence-electron chi connectivity index (χ3n) is 3.56. The molecular formula is C13H21F2N5O3. The fourth-order valence-electron chi connectivity index (χ4n) is 2.29. The molecule has 2 heterocycles. The normalized spacial score (nSPS) is 26.8. The van der Waals surface area contributed by atoms with Crippen LogP contribution in [0.15, 0.2) is 17.1 Å². The van der Waals surface area contributed by atoms with Gasteiger partial charge in [-0.3, -0.25) is 4.57 Å². The van der Waals surface area contributed by atoms with Gasteiger partial charge in [0.05, 0.1) is 0 Å². The zero-order chi connectivity index (χ0) is 17.2. The Balaban J connectivity index is 2.09. The first kappa shape index (κ1) is 17.7. The number of aliphatic hydroxyl groups is 1. The van der Waals surface area contributed by atoms with Gasteiger partial charge in [-0.05, 0) is 20.2 Å². The number of ether oxygens (including phenoxy) is 1. The number of aromatic nitrogens is 2. The summed E-state index contributed by atoms with van der Waals surface area (Å²) in [5.74, 6) is -3.69. The largest absolute Gasteiger partial charge is 0.384 e. The van der Waals surface area contributed by atoms with Crippen LogP contribution in [-0.4, -0.2) is 71.4 Å². The van der Waals surface area contributed by atoms with Gasteiger partial charge in [0.1, 0.15) is 18.0 Å². The van der Waals surface area contributed by atoms with Crippen molar-refractivity contribution >= 4 is 5.82 Å². The summed E-state index contributed by atoms with van der Waals surface area (Å²) < 4.78 is 34.3. The molecule has 0 unspecified atom stereocenters. The molecule has 0 spiro atoms. The van der Waals surface area contributed by atoms with Crippen molar-refractivity contribution in [3.05, 3.63) is 22.7 Å². The average molecular weight is 333 g/mol. The first-order valence-corrected chi connectivity index (χ1v) is 7.15. The molecule has 0 aliphatic carbocycles. The maximum Gasteiger partial charge on any atom is 0.351 e. The van der Waals surface area contributed by atoms with Crippen LogP contribution in [-0.2, 0) is 4.74 Å². The van der Waals surface area contributed by atoms with Gasteiger partial charge in [-0.25, -0.2) is 4.79 Å². The molecule has 2 rings (SSSR count). The molecule has 23 heavy (non-hydrogen) atoms. The van der Waals surface area contributed by atoms with Crippen LogP contribution in [0.4, 0.5) is 14.6 Å². The van der Waals surface area contributed by atoms with Crippen molar-refractivity contribution in [2.24, 2.45) is 0 Å². The number of alkyl halides is 2. The van der Waals surface area contributed by atoms with E-state index in [1.54, 1.807) is 0 Å². The smallest absolute Gasteiger partial charge is 0.351 e. The number of halogens is 2. The van der Waals surface area contributed by atoms with Gasteiger partial charge in [-0.2, -0.15) is 13.8 Å². The predicted octanol–water partition coefficient (Wildman–Crippen LogP) is -1.13. The van der Waals surface area contributed by atoms with Crippen LogP contribution < -0.4 is 16.7 Å². The summed E-state index contributed by atoms with van der Waals surface area (Å²) >= 11 is 0. The SMILES string of the molecule is CN(C)CCNC[C@H]1O[C@@H](n2ccc(N)nc2=O)C(F)(F)[C@@H]1O. The summed E-state index contributed by atoms with van der Waals surface area (Å²) in [5, 5.41) is 12.8. The van der Waals surface area contributed by atoms with Crippen molar-refractivity contribution in [3.8, 4) is 0 Å². The molecule has 1 saturated heterocycles. The van der Waals surface area contributed by atoms with Crippen molar-refractivity contribution in [2.45, 2.75) is 24.4 Å². The Morgan fingerprint density at radius 1 is 1.57 bits per heavy atom. The van der Waals surface area contributed by atoms with Crippen LogP contribution in [0.3, 0.4) is 0 Å². The molecule has 1 aliphatic rings. The lowest BCUT2D eigenvalue weighted by Crippen LogP contribution is -2.43. The van der Waals surface area contributed by atoms with Gasteiger partial charge in [-0.1, -0.05) is 0 Å². The molecule has 8 nitrogen and oxygen atoms in total. The van der Waals surface area contributed by atoms with Crippen LogP contribution in [0.1, 0.15) is 6.23 Å². The minimum atomic E-state index is -3.62. The molecule has 0 bridgehead atoms. The predicted molar refractivity (Wildman–Crippen MR) is 79.2 cm³/mol. The molecule has 4 N–H and O–H groups in total. The van der Waals surface area contributed by atoms with E-state index in [4.69, 9.17) is 10.5 Å². The Bertz CT molecular complexity index is 595. The quantitative estimate of drug-likeness (QED) is 0.566. The number of hydrogen-bond donors (Lipinski definition) is 3. The monoisotopic (exact) mass is 333 g/mol. The van der Waals surface area contributed by atoms with Crippen molar-refractivity contribution in [1.29, 1.82) is 0 Å².